The molecular formula is C23H29NO5. The zero-order chi connectivity index (χ0) is 21.0. The van der Waals surface area contributed by atoms with E-state index in [1.54, 1.807) is 24.3 Å². The van der Waals surface area contributed by atoms with Crippen molar-refractivity contribution in [2.75, 3.05) is 5.32 Å². The Morgan fingerprint density at radius 3 is 2.86 bits per heavy atom. The van der Waals surface area contributed by atoms with Gasteiger partial charge in [-0.2, -0.15) is 0 Å². The minimum absolute atomic E-state index is 0.211. The molecule has 4 unspecified atom stereocenters. The number of aliphatic hydroxyl groups excluding tert-OH is 1. The molecule has 3 rings (SSSR count). The molecule has 0 saturated carbocycles. The zero-order valence-corrected chi connectivity index (χ0v) is 16.9. The maximum absolute atomic E-state index is 13.0. The highest BCUT2D eigenvalue weighted by Crippen LogP contribution is 2.43. The molecule has 6 nitrogen and oxygen atoms in total. The Bertz CT molecular complexity index is 813. The highest BCUT2D eigenvalue weighted by atomic mass is 16.5. The highest BCUT2D eigenvalue weighted by Gasteiger charge is 2.46. The Labute approximate surface area is 171 Å². The second-order valence-corrected chi connectivity index (χ2v) is 8.26. The lowest BCUT2D eigenvalue weighted by atomic mass is 9.72. The lowest BCUT2D eigenvalue weighted by Crippen LogP contribution is -2.45. The van der Waals surface area contributed by atoms with Gasteiger partial charge in [-0.25, -0.2) is 4.79 Å². The Hall–Kier alpha value is -2.60. The van der Waals surface area contributed by atoms with Crippen molar-refractivity contribution in [3.8, 4) is 0 Å². The van der Waals surface area contributed by atoms with Crippen molar-refractivity contribution in [3.05, 3.63) is 53.8 Å². The molecule has 156 valence electrons. The average molecular weight is 399 g/mol. The molecule has 0 aromatic heterocycles. The first-order valence-corrected chi connectivity index (χ1v) is 10.2. The molecular weight excluding hydrogens is 370 g/mol. The van der Waals surface area contributed by atoms with Gasteiger partial charge >= 0.3 is 12.1 Å². The number of anilines is 1. The molecule has 2 aliphatic rings. The van der Waals surface area contributed by atoms with Crippen LogP contribution in [0.15, 0.2) is 48.3 Å². The van der Waals surface area contributed by atoms with Gasteiger partial charge in [0.2, 0.25) is 0 Å². The molecule has 29 heavy (non-hydrogen) atoms. The molecule has 1 heterocycles. The molecule has 1 aliphatic heterocycles. The Morgan fingerprint density at radius 1 is 1.34 bits per heavy atom. The van der Waals surface area contributed by atoms with Gasteiger partial charge in [0.05, 0.1) is 12.0 Å². The molecule has 1 aliphatic carbocycles. The standard InChI is InChI=1S/C23H29NO5/c1-14(2)12-18(15-8-7-9-16(13-15)24-23(27)28)20-21(25)17-10-5-3-4-6-11-19(17)29-22(20)26/h4,6-9,11,13-14,17-18,20-21,24-25H,3,5,10,12H2,1-2H3,(H,27,28). The third-order valence-electron chi connectivity index (χ3n) is 5.64. The molecule has 1 saturated heterocycles. The largest absolute Gasteiger partial charge is 0.465 e. The number of benzene rings is 1. The molecule has 1 aromatic rings. The van der Waals surface area contributed by atoms with Crippen LogP contribution in [0.2, 0.25) is 0 Å². The van der Waals surface area contributed by atoms with Crippen molar-refractivity contribution in [1.29, 1.82) is 0 Å². The van der Waals surface area contributed by atoms with E-state index in [1.165, 1.54) is 0 Å². The summed E-state index contributed by atoms with van der Waals surface area (Å²) in [7, 11) is 0. The van der Waals surface area contributed by atoms with Crippen LogP contribution in [0.3, 0.4) is 0 Å². The first-order valence-electron chi connectivity index (χ1n) is 10.2. The van der Waals surface area contributed by atoms with E-state index in [9.17, 15) is 14.7 Å². The number of hydrogen-bond donors (Lipinski definition) is 3. The van der Waals surface area contributed by atoms with Gasteiger partial charge < -0.3 is 14.9 Å². The van der Waals surface area contributed by atoms with Gasteiger partial charge in [0.25, 0.3) is 0 Å². The maximum atomic E-state index is 13.0. The number of allylic oxidation sites excluding steroid dienone is 3. The normalized spacial score (nSPS) is 25.3. The monoisotopic (exact) mass is 399 g/mol. The van der Waals surface area contributed by atoms with Gasteiger partial charge in [-0.05, 0) is 55.4 Å². The van der Waals surface area contributed by atoms with E-state index >= 15 is 0 Å². The van der Waals surface area contributed by atoms with Crippen LogP contribution >= 0.6 is 0 Å². The number of carbonyl (C=O) groups excluding carboxylic acids is 1. The zero-order valence-electron chi connectivity index (χ0n) is 16.9. The Morgan fingerprint density at radius 2 is 2.14 bits per heavy atom. The number of carboxylic acid groups (broad SMARTS) is 1. The predicted molar refractivity (Wildman–Crippen MR) is 110 cm³/mol. The van der Waals surface area contributed by atoms with E-state index in [1.807, 2.05) is 18.2 Å². The molecule has 1 aromatic carbocycles. The number of nitrogens with one attached hydrogen (secondary N) is 1. The van der Waals surface area contributed by atoms with Crippen LogP contribution in [0, 0.1) is 17.8 Å². The van der Waals surface area contributed by atoms with E-state index in [0.717, 1.165) is 24.8 Å². The molecule has 1 amide bonds. The van der Waals surface area contributed by atoms with E-state index in [0.29, 0.717) is 17.9 Å². The molecule has 0 spiro atoms. The van der Waals surface area contributed by atoms with Crippen molar-refractivity contribution in [1.82, 2.24) is 0 Å². The van der Waals surface area contributed by atoms with Gasteiger partial charge in [-0.1, -0.05) is 38.1 Å². The number of carbonyl (C=O) groups is 2. The summed E-state index contributed by atoms with van der Waals surface area (Å²) in [6.45, 7) is 4.14. The van der Waals surface area contributed by atoms with Crippen LogP contribution in [0.1, 0.15) is 51.0 Å². The van der Waals surface area contributed by atoms with Crippen molar-refractivity contribution in [2.24, 2.45) is 17.8 Å². The molecule has 1 fully saturated rings. The summed E-state index contributed by atoms with van der Waals surface area (Å²) in [6.07, 6.45) is 7.03. The van der Waals surface area contributed by atoms with Crippen molar-refractivity contribution in [2.45, 2.75) is 51.6 Å². The minimum atomic E-state index is -1.14. The molecule has 6 heteroatoms. The van der Waals surface area contributed by atoms with Gasteiger partial charge in [0.15, 0.2) is 0 Å². The lowest BCUT2D eigenvalue weighted by Gasteiger charge is -2.40. The number of fused-ring (bicyclic) bond motifs is 1. The molecule has 0 bridgehead atoms. The average Bonchev–Trinajstić information content (AvgIpc) is 2.62. The number of aliphatic hydroxyl groups is 1. The fourth-order valence-corrected chi connectivity index (χ4v) is 4.37. The molecule has 3 N–H and O–H groups in total. The summed E-state index contributed by atoms with van der Waals surface area (Å²) < 4.78 is 5.69. The minimum Gasteiger partial charge on any atom is -0.465 e. The lowest BCUT2D eigenvalue weighted by molar-refractivity contribution is -0.160. The third kappa shape index (κ3) is 5.07. The summed E-state index contributed by atoms with van der Waals surface area (Å²) in [5.74, 6) is -0.764. The smallest absolute Gasteiger partial charge is 0.409 e. The van der Waals surface area contributed by atoms with Gasteiger partial charge in [0.1, 0.15) is 5.76 Å². The Balaban J connectivity index is 1.96. The summed E-state index contributed by atoms with van der Waals surface area (Å²) in [5, 5.41) is 22.6. The van der Waals surface area contributed by atoms with E-state index in [-0.39, 0.29) is 17.8 Å². The van der Waals surface area contributed by atoms with Crippen LogP contribution in [0.25, 0.3) is 0 Å². The SMILES string of the molecule is CC(C)CC(c1cccc(NC(=O)O)c1)C1C(=O)OC2=CC=CCCCC2C1O. The fourth-order valence-electron chi connectivity index (χ4n) is 4.37. The van der Waals surface area contributed by atoms with Crippen molar-refractivity contribution < 1.29 is 24.5 Å². The second kappa shape index (κ2) is 9.27. The number of hydrogen-bond acceptors (Lipinski definition) is 4. The van der Waals surface area contributed by atoms with Gasteiger partial charge in [-0.15, -0.1) is 0 Å². The maximum Gasteiger partial charge on any atom is 0.409 e. The summed E-state index contributed by atoms with van der Waals surface area (Å²) in [5.41, 5.74) is 1.27. The third-order valence-corrected chi connectivity index (χ3v) is 5.64. The van der Waals surface area contributed by atoms with Gasteiger partial charge in [-0.3, -0.25) is 10.1 Å². The predicted octanol–water partition coefficient (Wildman–Crippen LogP) is 4.68. The van der Waals surface area contributed by atoms with Crippen LogP contribution in [-0.2, 0) is 9.53 Å². The van der Waals surface area contributed by atoms with Crippen LogP contribution < -0.4 is 5.32 Å². The van der Waals surface area contributed by atoms with Crippen LogP contribution in [0.5, 0.6) is 0 Å². The van der Waals surface area contributed by atoms with Crippen LogP contribution in [0.4, 0.5) is 10.5 Å². The van der Waals surface area contributed by atoms with Crippen molar-refractivity contribution >= 4 is 17.7 Å². The highest BCUT2D eigenvalue weighted by molar-refractivity contribution is 5.83. The number of esters is 1. The van der Waals surface area contributed by atoms with Crippen molar-refractivity contribution in [3.63, 3.8) is 0 Å². The topological polar surface area (TPSA) is 95.9 Å². The van der Waals surface area contributed by atoms with Gasteiger partial charge in [0, 0.05) is 17.5 Å². The molecule has 0 radical (unpaired) electrons. The van der Waals surface area contributed by atoms with Crippen LogP contribution in [-0.4, -0.2) is 28.4 Å². The number of rotatable bonds is 5. The second-order valence-electron chi connectivity index (χ2n) is 8.26. The number of amides is 1. The quantitative estimate of drug-likeness (QED) is 0.625. The van der Waals surface area contributed by atoms with E-state index < -0.39 is 24.1 Å². The number of ether oxygens (including phenoxy) is 1. The fraction of sp³-hybridized carbons (Fsp3) is 0.478. The molecule has 4 atom stereocenters. The summed E-state index contributed by atoms with van der Waals surface area (Å²) >= 11 is 0. The Kier molecular flexibility index (Phi) is 6.75. The van der Waals surface area contributed by atoms with E-state index in [4.69, 9.17) is 9.84 Å². The van der Waals surface area contributed by atoms with E-state index in [2.05, 4.69) is 19.2 Å². The summed E-state index contributed by atoms with van der Waals surface area (Å²) in [4.78, 5) is 24.0. The summed E-state index contributed by atoms with van der Waals surface area (Å²) in [6, 6.07) is 7.06. The first-order chi connectivity index (χ1) is 13.9. The first kappa shape index (κ1) is 21.1.